The zero-order valence-corrected chi connectivity index (χ0v) is 8.71. The Hall–Kier alpha value is -0.930. The molecule has 1 rings (SSSR count). The molecule has 0 saturated heterocycles. The maximum Gasteiger partial charge on any atom is 0.129 e. The Morgan fingerprint density at radius 3 is 2.07 bits per heavy atom. The van der Waals surface area contributed by atoms with E-state index < -0.39 is 12.1 Å². The van der Waals surface area contributed by atoms with Gasteiger partial charge in [0, 0.05) is 0 Å². The van der Waals surface area contributed by atoms with E-state index >= 15 is 0 Å². The average molecular weight is 197 g/mol. The number of aliphatic hydroxyl groups excluding tert-OH is 1. The van der Waals surface area contributed by atoms with Crippen molar-refractivity contribution in [2.45, 2.75) is 32.9 Å². The number of hydrogen-bond donors (Lipinski definition) is 2. The molecule has 0 radical (unpaired) electrons. The predicted octanol–water partition coefficient (Wildman–Crippen LogP) is 1.82. The summed E-state index contributed by atoms with van der Waals surface area (Å²) in [6.07, 6.45) is -0.626. The van der Waals surface area contributed by atoms with Crippen molar-refractivity contribution in [1.82, 2.24) is 0 Å². The lowest BCUT2D eigenvalue weighted by atomic mass is 9.98. The van der Waals surface area contributed by atoms with Gasteiger partial charge in [0.25, 0.3) is 0 Å². The lowest BCUT2D eigenvalue weighted by molar-refractivity contribution is 0.164. The van der Waals surface area contributed by atoms with Crippen LogP contribution < -0.4 is 5.73 Å². The Morgan fingerprint density at radius 2 is 1.71 bits per heavy atom. The van der Waals surface area contributed by atoms with Crippen LogP contribution in [-0.2, 0) is 0 Å². The second kappa shape index (κ2) is 4.07. The first-order valence-corrected chi connectivity index (χ1v) is 4.63. The highest BCUT2D eigenvalue weighted by atomic mass is 19.1. The molecule has 2 atom stereocenters. The van der Waals surface area contributed by atoms with E-state index in [1.54, 1.807) is 32.9 Å². The van der Waals surface area contributed by atoms with E-state index in [1.165, 1.54) is 0 Å². The molecule has 0 amide bonds. The molecule has 0 unspecified atom stereocenters. The molecule has 0 aliphatic rings. The SMILES string of the molecule is Cc1cc([C@@H](N)[C@@H](C)O)cc(C)c1F. The van der Waals surface area contributed by atoms with Gasteiger partial charge in [-0.2, -0.15) is 0 Å². The van der Waals surface area contributed by atoms with Crippen LogP contribution in [0.1, 0.15) is 29.7 Å². The second-order valence-corrected chi connectivity index (χ2v) is 3.74. The number of benzene rings is 1. The minimum Gasteiger partial charge on any atom is -0.391 e. The molecule has 0 aliphatic carbocycles. The molecule has 2 nitrogen and oxygen atoms in total. The smallest absolute Gasteiger partial charge is 0.129 e. The Kier molecular flexibility index (Phi) is 3.24. The van der Waals surface area contributed by atoms with E-state index in [0.717, 1.165) is 5.56 Å². The molecular formula is C11H16FNO. The van der Waals surface area contributed by atoms with Crippen molar-refractivity contribution in [1.29, 1.82) is 0 Å². The van der Waals surface area contributed by atoms with Crippen LogP contribution in [0.3, 0.4) is 0 Å². The summed E-state index contributed by atoms with van der Waals surface area (Å²) in [6, 6.07) is 2.91. The summed E-state index contributed by atoms with van der Waals surface area (Å²) in [5.41, 5.74) is 7.66. The minimum atomic E-state index is -0.626. The number of aryl methyl sites for hydroxylation is 2. The first-order valence-electron chi connectivity index (χ1n) is 4.63. The van der Waals surface area contributed by atoms with E-state index in [1.807, 2.05) is 0 Å². The monoisotopic (exact) mass is 197 g/mol. The highest BCUT2D eigenvalue weighted by Crippen LogP contribution is 2.20. The first-order chi connectivity index (χ1) is 6.43. The van der Waals surface area contributed by atoms with Gasteiger partial charge in [0.2, 0.25) is 0 Å². The fraction of sp³-hybridized carbons (Fsp3) is 0.455. The highest BCUT2D eigenvalue weighted by Gasteiger charge is 2.14. The van der Waals surface area contributed by atoms with Gasteiger partial charge in [-0.1, -0.05) is 12.1 Å². The molecule has 0 heterocycles. The molecule has 0 aliphatic heterocycles. The van der Waals surface area contributed by atoms with E-state index in [9.17, 15) is 9.50 Å². The summed E-state index contributed by atoms with van der Waals surface area (Å²) in [4.78, 5) is 0. The summed E-state index contributed by atoms with van der Waals surface area (Å²) < 4.78 is 13.3. The zero-order chi connectivity index (χ0) is 10.9. The third kappa shape index (κ3) is 2.11. The Bertz CT molecular complexity index is 313. The van der Waals surface area contributed by atoms with Crippen LogP contribution in [0.4, 0.5) is 4.39 Å². The summed E-state index contributed by atoms with van der Waals surface area (Å²) in [5.74, 6) is -0.202. The molecule has 0 bridgehead atoms. The second-order valence-electron chi connectivity index (χ2n) is 3.74. The topological polar surface area (TPSA) is 46.2 Å². The van der Waals surface area contributed by atoms with Gasteiger partial charge in [-0.3, -0.25) is 0 Å². The van der Waals surface area contributed by atoms with Crippen molar-refractivity contribution in [2.75, 3.05) is 0 Å². The van der Waals surface area contributed by atoms with Crippen LogP contribution in [0.25, 0.3) is 0 Å². The summed E-state index contributed by atoms with van der Waals surface area (Å²) in [6.45, 7) is 5.01. The van der Waals surface area contributed by atoms with Crippen LogP contribution in [-0.4, -0.2) is 11.2 Å². The number of halogens is 1. The van der Waals surface area contributed by atoms with Gasteiger partial charge in [0.05, 0.1) is 12.1 Å². The predicted molar refractivity (Wildman–Crippen MR) is 54.5 cm³/mol. The number of hydrogen-bond acceptors (Lipinski definition) is 2. The van der Waals surface area contributed by atoms with E-state index in [4.69, 9.17) is 5.73 Å². The van der Waals surface area contributed by atoms with Crippen LogP contribution in [0.2, 0.25) is 0 Å². The Morgan fingerprint density at radius 1 is 1.29 bits per heavy atom. The van der Waals surface area contributed by atoms with Gasteiger partial charge in [0.15, 0.2) is 0 Å². The lowest BCUT2D eigenvalue weighted by Crippen LogP contribution is -2.23. The summed E-state index contributed by atoms with van der Waals surface area (Å²) in [7, 11) is 0. The lowest BCUT2D eigenvalue weighted by Gasteiger charge is -2.16. The van der Waals surface area contributed by atoms with Crippen LogP contribution in [0.15, 0.2) is 12.1 Å². The number of nitrogens with two attached hydrogens (primary N) is 1. The molecule has 1 aromatic carbocycles. The summed E-state index contributed by atoms with van der Waals surface area (Å²) >= 11 is 0. The quantitative estimate of drug-likeness (QED) is 0.759. The maximum atomic E-state index is 13.3. The van der Waals surface area contributed by atoms with E-state index in [2.05, 4.69) is 0 Å². The minimum absolute atomic E-state index is 0.202. The Labute approximate surface area is 83.6 Å². The summed E-state index contributed by atoms with van der Waals surface area (Å²) in [5, 5.41) is 9.31. The van der Waals surface area contributed by atoms with Crippen molar-refractivity contribution in [3.63, 3.8) is 0 Å². The van der Waals surface area contributed by atoms with Gasteiger partial charge in [0.1, 0.15) is 5.82 Å². The van der Waals surface area contributed by atoms with Gasteiger partial charge in [-0.05, 0) is 37.5 Å². The molecule has 0 aromatic heterocycles. The average Bonchev–Trinajstić information content (AvgIpc) is 2.12. The van der Waals surface area contributed by atoms with Gasteiger partial charge >= 0.3 is 0 Å². The van der Waals surface area contributed by atoms with Crippen LogP contribution in [0.5, 0.6) is 0 Å². The van der Waals surface area contributed by atoms with Crippen molar-refractivity contribution < 1.29 is 9.50 Å². The van der Waals surface area contributed by atoms with Crippen molar-refractivity contribution in [2.24, 2.45) is 5.73 Å². The Balaban J connectivity index is 3.12. The third-order valence-electron chi connectivity index (χ3n) is 2.36. The highest BCUT2D eigenvalue weighted by molar-refractivity contribution is 5.32. The molecule has 3 heteroatoms. The van der Waals surface area contributed by atoms with Crippen LogP contribution >= 0.6 is 0 Å². The number of rotatable bonds is 2. The molecule has 14 heavy (non-hydrogen) atoms. The van der Waals surface area contributed by atoms with Gasteiger partial charge in [-0.25, -0.2) is 4.39 Å². The molecule has 0 saturated carbocycles. The molecule has 78 valence electrons. The fourth-order valence-electron chi connectivity index (χ4n) is 1.45. The largest absolute Gasteiger partial charge is 0.391 e. The standard InChI is InChI=1S/C11H16FNO/c1-6-4-9(11(13)8(3)14)5-7(2)10(6)12/h4-5,8,11,14H,13H2,1-3H3/t8-,11+/m1/s1. The maximum absolute atomic E-state index is 13.3. The zero-order valence-electron chi connectivity index (χ0n) is 8.71. The molecule has 0 spiro atoms. The molecule has 0 fully saturated rings. The normalized spacial score (nSPS) is 15.3. The van der Waals surface area contributed by atoms with Crippen molar-refractivity contribution in [3.05, 3.63) is 34.6 Å². The molecule has 1 aromatic rings. The van der Waals surface area contributed by atoms with Crippen molar-refractivity contribution in [3.8, 4) is 0 Å². The molecule has 3 N–H and O–H groups in total. The third-order valence-corrected chi connectivity index (χ3v) is 2.36. The van der Waals surface area contributed by atoms with Gasteiger partial charge in [-0.15, -0.1) is 0 Å². The van der Waals surface area contributed by atoms with Crippen LogP contribution in [0, 0.1) is 19.7 Å². The van der Waals surface area contributed by atoms with E-state index in [0.29, 0.717) is 11.1 Å². The van der Waals surface area contributed by atoms with E-state index in [-0.39, 0.29) is 5.82 Å². The van der Waals surface area contributed by atoms with Crippen molar-refractivity contribution >= 4 is 0 Å². The van der Waals surface area contributed by atoms with Gasteiger partial charge < -0.3 is 10.8 Å². The number of aliphatic hydroxyl groups is 1. The fourth-order valence-corrected chi connectivity index (χ4v) is 1.45. The first kappa shape index (κ1) is 11.1. The molecular weight excluding hydrogens is 181 g/mol.